The molecule has 0 aliphatic rings. The number of hydrogen-bond donors (Lipinski definition) is 1. The maximum atomic E-state index is 11.0. The minimum Gasteiger partial charge on any atom is -0.450 e. The summed E-state index contributed by atoms with van der Waals surface area (Å²) in [5, 5.41) is 14.4. The lowest BCUT2D eigenvalue weighted by molar-refractivity contribution is -0.385. The van der Waals surface area contributed by atoms with Crippen molar-refractivity contribution in [3.8, 4) is 11.5 Å². The van der Waals surface area contributed by atoms with E-state index in [0.29, 0.717) is 11.6 Å². The molecule has 110 valence electrons. The van der Waals surface area contributed by atoms with Crippen LogP contribution >= 0.6 is 11.6 Å². The van der Waals surface area contributed by atoms with Crippen molar-refractivity contribution in [2.24, 2.45) is 0 Å². The summed E-state index contributed by atoms with van der Waals surface area (Å²) in [6.45, 7) is 2.84. The van der Waals surface area contributed by atoms with Crippen molar-refractivity contribution in [1.82, 2.24) is 4.98 Å². The summed E-state index contributed by atoms with van der Waals surface area (Å²) in [6.07, 6.45) is 2.55. The highest BCUT2D eigenvalue weighted by atomic mass is 35.5. The number of anilines is 1. The van der Waals surface area contributed by atoms with Gasteiger partial charge in [-0.05, 0) is 24.6 Å². The lowest BCUT2D eigenvalue weighted by Gasteiger charge is -2.08. The van der Waals surface area contributed by atoms with E-state index in [4.69, 9.17) is 16.3 Å². The Kier molecular flexibility index (Phi) is 4.94. The Hall–Kier alpha value is -2.34. The molecule has 0 radical (unpaired) electrons. The number of rotatable bonds is 6. The highest BCUT2D eigenvalue weighted by Crippen LogP contribution is 2.33. The molecule has 1 aromatic heterocycles. The maximum Gasteiger partial charge on any atom is 0.313 e. The molecule has 6 nitrogen and oxygen atoms in total. The lowest BCUT2D eigenvalue weighted by atomic mass is 10.3. The number of nitro benzene ring substituents is 1. The number of benzene rings is 1. The van der Waals surface area contributed by atoms with Gasteiger partial charge < -0.3 is 10.1 Å². The summed E-state index contributed by atoms with van der Waals surface area (Å²) >= 11 is 5.77. The third-order valence-corrected chi connectivity index (χ3v) is 2.87. The Morgan fingerprint density at radius 3 is 2.90 bits per heavy atom. The van der Waals surface area contributed by atoms with Gasteiger partial charge in [-0.25, -0.2) is 4.98 Å². The Morgan fingerprint density at radius 1 is 1.38 bits per heavy atom. The molecule has 0 unspecified atom stereocenters. The van der Waals surface area contributed by atoms with Gasteiger partial charge >= 0.3 is 5.69 Å². The number of nitro groups is 1. The number of pyridine rings is 1. The van der Waals surface area contributed by atoms with Gasteiger partial charge in [0.1, 0.15) is 11.6 Å². The van der Waals surface area contributed by atoms with Gasteiger partial charge in [-0.1, -0.05) is 18.5 Å². The van der Waals surface area contributed by atoms with Crippen molar-refractivity contribution in [3.05, 3.63) is 51.7 Å². The second kappa shape index (κ2) is 6.90. The van der Waals surface area contributed by atoms with Gasteiger partial charge in [0.25, 0.3) is 0 Å². The smallest absolute Gasteiger partial charge is 0.313 e. The van der Waals surface area contributed by atoms with Crippen LogP contribution in [0.15, 0.2) is 36.5 Å². The van der Waals surface area contributed by atoms with Crippen LogP contribution in [0, 0.1) is 10.1 Å². The Labute approximate surface area is 126 Å². The van der Waals surface area contributed by atoms with Gasteiger partial charge in [0.15, 0.2) is 0 Å². The highest BCUT2D eigenvalue weighted by molar-refractivity contribution is 6.30. The van der Waals surface area contributed by atoms with Crippen LogP contribution in [-0.4, -0.2) is 16.5 Å². The fraction of sp³-hybridized carbons (Fsp3) is 0.214. The van der Waals surface area contributed by atoms with Crippen molar-refractivity contribution in [2.75, 3.05) is 11.9 Å². The van der Waals surface area contributed by atoms with Crippen LogP contribution in [0.4, 0.5) is 11.5 Å². The summed E-state index contributed by atoms with van der Waals surface area (Å²) < 4.78 is 5.57. The minimum absolute atomic E-state index is 0.136. The van der Waals surface area contributed by atoms with E-state index in [2.05, 4.69) is 10.3 Å². The largest absolute Gasteiger partial charge is 0.450 e. The molecule has 0 atom stereocenters. The third-order valence-electron chi connectivity index (χ3n) is 2.63. The van der Waals surface area contributed by atoms with Gasteiger partial charge in [0.2, 0.25) is 5.75 Å². The van der Waals surface area contributed by atoms with Crippen LogP contribution in [0.3, 0.4) is 0 Å². The highest BCUT2D eigenvalue weighted by Gasteiger charge is 2.16. The van der Waals surface area contributed by atoms with Gasteiger partial charge in [-0.15, -0.1) is 0 Å². The molecule has 2 rings (SSSR count). The van der Waals surface area contributed by atoms with Crippen molar-refractivity contribution < 1.29 is 9.66 Å². The molecule has 0 aliphatic carbocycles. The Balaban J connectivity index is 2.24. The molecule has 0 fully saturated rings. The van der Waals surface area contributed by atoms with E-state index < -0.39 is 4.92 Å². The predicted molar refractivity (Wildman–Crippen MR) is 81.2 cm³/mol. The summed E-state index contributed by atoms with van der Waals surface area (Å²) in [5.74, 6) is 1.26. The molecule has 0 saturated carbocycles. The van der Waals surface area contributed by atoms with Gasteiger partial charge in [0, 0.05) is 29.9 Å². The second-order valence-electron chi connectivity index (χ2n) is 4.27. The van der Waals surface area contributed by atoms with E-state index in [1.54, 1.807) is 24.4 Å². The number of nitrogens with one attached hydrogen (secondary N) is 1. The fourth-order valence-corrected chi connectivity index (χ4v) is 1.84. The molecule has 0 bridgehead atoms. The zero-order chi connectivity index (χ0) is 15.2. The number of hydrogen-bond acceptors (Lipinski definition) is 5. The van der Waals surface area contributed by atoms with E-state index in [-0.39, 0.29) is 16.5 Å². The van der Waals surface area contributed by atoms with Crippen LogP contribution < -0.4 is 10.1 Å². The van der Waals surface area contributed by atoms with E-state index >= 15 is 0 Å². The molecule has 1 aromatic carbocycles. The molecule has 21 heavy (non-hydrogen) atoms. The topological polar surface area (TPSA) is 77.3 Å². The first-order chi connectivity index (χ1) is 10.1. The van der Waals surface area contributed by atoms with Crippen LogP contribution in [0.25, 0.3) is 0 Å². The van der Waals surface area contributed by atoms with Gasteiger partial charge in [0.05, 0.1) is 4.92 Å². The van der Waals surface area contributed by atoms with Crippen LogP contribution in [0.1, 0.15) is 13.3 Å². The van der Waals surface area contributed by atoms with Crippen molar-refractivity contribution in [2.45, 2.75) is 13.3 Å². The van der Waals surface area contributed by atoms with Gasteiger partial charge in [-0.3, -0.25) is 10.1 Å². The summed E-state index contributed by atoms with van der Waals surface area (Å²) in [7, 11) is 0. The predicted octanol–water partition coefficient (Wildman–Crippen LogP) is 4.26. The maximum absolute atomic E-state index is 11.0. The SMILES string of the molecule is CCCNc1cc(Oc2ccc(Cl)cc2[N+](=O)[O-])ccn1. The fourth-order valence-electron chi connectivity index (χ4n) is 1.67. The van der Waals surface area contributed by atoms with Crippen molar-refractivity contribution in [3.63, 3.8) is 0 Å². The van der Waals surface area contributed by atoms with Crippen molar-refractivity contribution >= 4 is 23.1 Å². The van der Waals surface area contributed by atoms with Crippen LogP contribution in [0.5, 0.6) is 11.5 Å². The molecule has 1 N–H and O–H groups in total. The number of ether oxygens (including phenoxy) is 1. The van der Waals surface area contributed by atoms with E-state index in [9.17, 15) is 10.1 Å². The third kappa shape index (κ3) is 4.06. The molecule has 0 spiro atoms. The molecular weight excluding hydrogens is 294 g/mol. The quantitative estimate of drug-likeness (QED) is 0.637. The van der Waals surface area contributed by atoms with Crippen molar-refractivity contribution in [1.29, 1.82) is 0 Å². The summed E-state index contributed by atoms with van der Waals surface area (Å²) in [5.41, 5.74) is -0.178. The monoisotopic (exact) mass is 307 g/mol. The average Bonchev–Trinajstić information content (AvgIpc) is 2.47. The average molecular weight is 308 g/mol. The number of nitrogens with zero attached hydrogens (tertiary/aromatic N) is 2. The normalized spacial score (nSPS) is 10.2. The molecule has 0 aliphatic heterocycles. The van der Waals surface area contributed by atoms with Gasteiger partial charge in [-0.2, -0.15) is 0 Å². The van der Waals surface area contributed by atoms with E-state index in [0.717, 1.165) is 13.0 Å². The first kappa shape index (κ1) is 15.1. The summed E-state index contributed by atoms with van der Waals surface area (Å²) in [6, 6.07) is 7.60. The Morgan fingerprint density at radius 2 is 2.19 bits per heavy atom. The Bertz CT molecular complexity index is 649. The summed E-state index contributed by atoms with van der Waals surface area (Å²) in [4.78, 5) is 14.6. The first-order valence-corrected chi connectivity index (χ1v) is 6.79. The van der Waals surface area contributed by atoms with E-state index in [1.165, 1.54) is 12.1 Å². The minimum atomic E-state index is -0.529. The zero-order valence-corrected chi connectivity index (χ0v) is 12.1. The molecular formula is C14H14ClN3O3. The van der Waals surface area contributed by atoms with Crippen LogP contribution in [-0.2, 0) is 0 Å². The lowest BCUT2D eigenvalue weighted by Crippen LogP contribution is -2.01. The first-order valence-electron chi connectivity index (χ1n) is 6.42. The standard InChI is InChI=1S/C14H14ClN3O3/c1-2-6-16-14-9-11(5-7-17-14)21-13-4-3-10(15)8-12(13)18(19)20/h3-5,7-9H,2,6H2,1H3,(H,16,17). The van der Waals surface area contributed by atoms with Crippen LogP contribution in [0.2, 0.25) is 5.02 Å². The molecule has 0 amide bonds. The molecule has 2 aromatic rings. The molecule has 1 heterocycles. The number of aromatic nitrogens is 1. The molecule has 0 saturated heterocycles. The molecule has 7 heteroatoms. The van der Waals surface area contributed by atoms with E-state index in [1.807, 2.05) is 6.92 Å². The number of halogens is 1. The second-order valence-corrected chi connectivity index (χ2v) is 4.71. The zero-order valence-electron chi connectivity index (χ0n) is 11.4.